The number of rotatable bonds is 5. The number of carbonyl (C=O) groups is 1. The minimum Gasteiger partial charge on any atom is -0.497 e. The number of amides is 1. The second-order valence-electron chi connectivity index (χ2n) is 4.77. The highest BCUT2D eigenvalue weighted by molar-refractivity contribution is 5.91. The molecule has 1 aliphatic rings. The zero-order valence-electron chi connectivity index (χ0n) is 11.1. The first-order valence-corrected chi connectivity index (χ1v) is 6.51. The van der Waals surface area contributed by atoms with E-state index in [9.17, 15) is 9.90 Å². The zero-order chi connectivity index (χ0) is 13.7. The molecule has 1 atom stereocenters. The molecule has 5 nitrogen and oxygen atoms in total. The molecule has 0 aromatic heterocycles. The lowest BCUT2D eigenvalue weighted by atomic mass is 10.3. The Labute approximate surface area is 113 Å². The molecule has 0 spiro atoms. The van der Waals surface area contributed by atoms with Crippen molar-refractivity contribution >= 4 is 11.6 Å². The highest BCUT2D eigenvalue weighted by atomic mass is 16.5. The van der Waals surface area contributed by atoms with Crippen LogP contribution in [-0.4, -0.2) is 48.8 Å². The Morgan fingerprint density at radius 2 is 2.42 bits per heavy atom. The minimum absolute atomic E-state index is 0.0188. The van der Waals surface area contributed by atoms with Crippen LogP contribution in [0.3, 0.4) is 0 Å². The summed E-state index contributed by atoms with van der Waals surface area (Å²) in [6.07, 6.45) is 1.00. The summed E-state index contributed by atoms with van der Waals surface area (Å²) in [7, 11) is 1.60. The van der Waals surface area contributed by atoms with E-state index < -0.39 is 0 Å². The van der Waals surface area contributed by atoms with Crippen molar-refractivity contribution in [3.05, 3.63) is 24.3 Å². The fourth-order valence-corrected chi connectivity index (χ4v) is 2.20. The fraction of sp³-hybridized carbons (Fsp3) is 0.500. The SMILES string of the molecule is COc1cccc(NC(=O)CCN2CC[C@@H](O)C2)c1. The number of carbonyl (C=O) groups excluding carboxylic acids is 1. The fourth-order valence-electron chi connectivity index (χ4n) is 2.20. The number of β-amino-alcohol motifs (C(OH)–C–C–N with tert-alkyl or cyclic N) is 1. The molecule has 1 aromatic carbocycles. The molecule has 1 fully saturated rings. The summed E-state index contributed by atoms with van der Waals surface area (Å²) in [5, 5.41) is 12.2. The summed E-state index contributed by atoms with van der Waals surface area (Å²) in [4.78, 5) is 13.9. The van der Waals surface area contributed by atoms with Crippen LogP contribution in [0.1, 0.15) is 12.8 Å². The molecule has 1 amide bonds. The lowest BCUT2D eigenvalue weighted by molar-refractivity contribution is -0.116. The number of aliphatic hydroxyl groups excluding tert-OH is 1. The molecule has 0 radical (unpaired) electrons. The third-order valence-corrected chi connectivity index (χ3v) is 3.26. The van der Waals surface area contributed by atoms with E-state index in [0.29, 0.717) is 19.5 Å². The van der Waals surface area contributed by atoms with E-state index >= 15 is 0 Å². The molecule has 1 aromatic rings. The zero-order valence-corrected chi connectivity index (χ0v) is 11.1. The average Bonchev–Trinajstić information content (AvgIpc) is 2.82. The smallest absolute Gasteiger partial charge is 0.225 e. The molecule has 0 saturated carbocycles. The Morgan fingerprint density at radius 1 is 1.58 bits per heavy atom. The monoisotopic (exact) mass is 264 g/mol. The van der Waals surface area contributed by atoms with Crippen molar-refractivity contribution < 1.29 is 14.6 Å². The van der Waals surface area contributed by atoms with E-state index in [1.807, 2.05) is 18.2 Å². The molecular formula is C14H20N2O3. The number of ether oxygens (including phenoxy) is 1. The van der Waals surface area contributed by atoms with Gasteiger partial charge in [-0.3, -0.25) is 4.79 Å². The number of hydrogen-bond acceptors (Lipinski definition) is 4. The maximum atomic E-state index is 11.8. The van der Waals surface area contributed by atoms with Gasteiger partial charge in [-0.25, -0.2) is 0 Å². The van der Waals surface area contributed by atoms with E-state index in [0.717, 1.165) is 24.4 Å². The lowest BCUT2D eigenvalue weighted by Crippen LogP contribution is -2.26. The summed E-state index contributed by atoms with van der Waals surface area (Å²) in [5.41, 5.74) is 0.741. The summed E-state index contributed by atoms with van der Waals surface area (Å²) in [6.45, 7) is 2.23. The lowest BCUT2D eigenvalue weighted by Gasteiger charge is -2.14. The molecule has 1 saturated heterocycles. The van der Waals surface area contributed by atoms with Crippen LogP contribution >= 0.6 is 0 Å². The van der Waals surface area contributed by atoms with Gasteiger partial charge in [0.25, 0.3) is 0 Å². The molecule has 19 heavy (non-hydrogen) atoms. The molecular weight excluding hydrogens is 244 g/mol. The van der Waals surface area contributed by atoms with Crippen LogP contribution in [-0.2, 0) is 4.79 Å². The normalized spacial score (nSPS) is 19.4. The van der Waals surface area contributed by atoms with Gasteiger partial charge < -0.3 is 20.1 Å². The van der Waals surface area contributed by atoms with Crippen molar-refractivity contribution in [1.29, 1.82) is 0 Å². The van der Waals surface area contributed by atoms with E-state index in [2.05, 4.69) is 10.2 Å². The molecule has 1 aliphatic heterocycles. The minimum atomic E-state index is -0.235. The number of nitrogens with zero attached hydrogens (tertiary/aromatic N) is 1. The Kier molecular flexibility index (Phi) is 4.76. The second-order valence-corrected chi connectivity index (χ2v) is 4.77. The van der Waals surface area contributed by atoms with Crippen molar-refractivity contribution in [2.24, 2.45) is 0 Å². The van der Waals surface area contributed by atoms with E-state index in [1.54, 1.807) is 13.2 Å². The Hall–Kier alpha value is -1.59. The highest BCUT2D eigenvalue weighted by Gasteiger charge is 2.20. The first-order chi connectivity index (χ1) is 9.17. The van der Waals surface area contributed by atoms with Crippen LogP contribution in [0, 0.1) is 0 Å². The summed E-state index contributed by atoms with van der Waals surface area (Å²) in [6, 6.07) is 7.30. The summed E-state index contributed by atoms with van der Waals surface area (Å²) >= 11 is 0. The van der Waals surface area contributed by atoms with E-state index in [-0.39, 0.29) is 12.0 Å². The standard InChI is InChI=1S/C14H20N2O3/c1-19-13-4-2-3-11(9-13)15-14(18)6-8-16-7-5-12(17)10-16/h2-4,9,12,17H,5-8,10H2,1H3,(H,15,18)/t12-/m1/s1. The quantitative estimate of drug-likeness (QED) is 0.835. The maximum absolute atomic E-state index is 11.8. The van der Waals surface area contributed by atoms with Crippen LogP contribution in [0.5, 0.6) is 5.75 Å². The highest BCUT2D eigenvalue weighted by Crippen LogP contribution is 2.17. The second kappa shape index (κ2) is 6.54. The number of benzene rings is 1. The first-order valence-electron chi connectivity index (χ1n) is 6.51. The van der Waals surface area contributed by atoms with E-state index in [4.69, 9.17) is 4.74 Å². The van der Waals surface area contributed by atoms with Gasteiger partial charge in [0, 0.05) is 37.8 Å². The first kappa shape index (κ1) is 13.8. The van der Waals surface area contributed by atoms with Gasteiger partial charge in [-0.15, -0.1) is 0 Å². The molecule has 0 aliphatic carbocycles. The van der Waals surface area contributed by atoms with Gasteiger partial charge in [0.1, 0.15) is 5.75 Å². The molecule has 1 heterocycles. The molecule has 0 unspecified atom stereocenters. The average molecular weight is 264 g/mol. The molecule has 0 bridgehead atoms. The van der Waals surface area contributed by atoms with Crippen LogP contribution in [0.4, 0.5) is 5.69 Å². The third-order valence-electron chi connectivity index (χ3n) is 3.26. The molecule has 5 heteroatoms. The third kappa shape index (κ3) is 4.22. The number of likely N-dealkylation sites (tertiary alicyclic amines) is 1. The Bertz CT molecular complexity index is 436. The molecule has 2 N–H and O–H groups in total. The number of anilines is 1. The van der Waals surface area contributed by atoms with Crippen molar-refractivity contribution in [2.75, 3.05) is 32.1 Å². The van der Waals surface area contributed by atoms with Gasteiger partial charge in [0.2, 0.25) is 5.91 Å². The predicted molar refractivity (Wildman–Crippen MR) is 73.3 cm³/mol. The Balaban J connectivity index is 1.77. The number of nitrogens with one attached hydrogen (secondary N) is 1. The van der Waals surface area contributed by atoms with Crippen LogP contribution in [0.25, 0.3) is 0 Å². The molecule has 104 valence electrons. The predicted octanol–water partition coefficient (Wildman–Crippen LogP) is 1.09. The number of methoxy groups -OCH3 is 1. The largest absolute Gasteiger partial charge is 0.497 e. The Morgan fingerprint density at radius 3 is 3.11 bits per heavy atom. The summed E-state index contributed by atoms with van der Waals surface area (Å²) < 4.78 is 5.10. The topological polar surface area (TPSA) is 61.8 Å². The van der Waals surface area contributed by atoms with Gasteiger partial charge in [-0.2, -0.15) is 0 Å². The van der Waals surface area contributed by atoms with Gasteiger partial charge in [0.05, 0.1) is 13.2 Å². The maximum Gasteiger partial charge on any atom is 0.225 e. The van der Waals surface area contributed by atoms with Gasteiger partial charge >= 0.3 is 0 Å². The van der Waals surface area contributed by atoms with E-state index in [1.165, 1.54) is 0 Å². The number of hydrogen-bond donors (Lipinski definition) is 2. The van der Waals surface area contributed by atoms with Crippen molar-refractivity contribution in [3.63, 3.8) is 0 Å². The van der Waals surface area contributed by atoms with Gasteiger partial charge in [-0.05, 0) is 18.6 Å². The number of aliphatic hydroxyl groups is 1. The molecule has 2 rings (SSSR count). The van der Waals surface area contributed by atoms with Crippen LogP contribution in [0.15, 0.2) is 24.3 Å². The summed E-state index contributed by atoms with van der Waals surface area (Å²) in [5.74, 6) is 0.704. The van der Waals surface area contributed by atoms with Crippen LogP contribution in [0.2, 0.25) is 0 Å². The van der Waals surface area contributed by atoms with Crippen LogP contribution < -0.4 is 10.1 Å². The van der Waals surface area contributed by atoms with Gasteiger partial charge in [-0.1, -0.05) is 6.07 Å². The van der Waals surface area contributed by atoms with Crippen molar-refractivity contribution in [1.82, 2.24) is 4.90 Å². The van der Waals surface area contributed by atoms with Crippen molar-refractivity contribution in [3.8, 4) is 5.75 Å². The van der Waals surface area contributed by atoms with Gasteiger partial charge in [0.15, 0.2) is 0 Å². The van der Waals surface area contributed by atoms with Crippen molar-refractivity contribution in [2.45, 2.75) is 18.9 Å².